The fraction of sp³-hybridized carbons (Fsp3) is 0. The summed E-state index contributed by atoms with van der Waals surface area (Å²) in [6.45, 7) is 0. The Bertz CT molecular complexity index is 154. The second kappa shape index (κ2) is 3.61. The van der Waals surface area contributed by atoms with E-state index in [0.717, 1.165) is 6.21 Å². The number of nitriles is 1. The monoisotopic (exact) mass is 113 g/mol. The third kappa shape index (κ3) is 1.77. The predicted octanol–water partition coefficient (Wildman–Crippen LogP) is -0.200. The first-order valence-electron chi connectivity index (χ1n) is 1.64. The molecule has 0 atom stereocenters. The minimum atomic E-state index is -0.340. The standard InChI is InChI=1S/C3H3N3O2/c4-1-3(6-8)2-5-7/h2,7-8H. The average molecular weight is 113 g/mol. The van der Waals surface area contributed by atoms with Crippen molar-refractivity contribution in [3.8, 4) is 6.07 Å². The zero-order chi connectivity index (χ0) is 6.41. The van der Waals surface area contributed by atoms with E-state index >= 15 is 0 Å². The summed E-state index contributed by atoms with van der Waals surface area (Å²) >= 11 is 0. The maximum Gasteiger partial charge on any atom is 0.201 e. The quantitative estimate of drug-likeness (QED) is 0.280. The molecule has 0 radical (unpaired) electrons. The van der Waals surface area contributed by atoms with Crippen LogP contribution in [0.5, 0.6) is 0 Å². The highest BCUT2D eigenvalue weighted by Crippen LogP contribution is 1.65. The molecule has 0 aliphatic heterocycles. The molecule has 0 saturated carbocycles. The van der Waals surface area contributed by atoms with Gasteiger partial charge in [0.15, 0.2) is 0 Å². The van der Waals surface area contributed by atoms with Crippen molar-refractivity contribution in [1.29, 1.82) is 5.26 Å². The van der Waals surface area contributed by atoms with Gasteiger partial charge in [0, 0.05) is 0 Å². The zero-order valence-electron chi connectivity index (χ0n) is 3.81. The van der Waals surface area contributed by atoms with Crippen LogP contribution in [0.15, 0.2) is 10.3 Å². The SMILES string of the molecule is N#CC(C=NO)=NO. The highest BCUT2D eigenvalue weighted by molar-refractivity contribution is 6.37. The van der Waals surface area contributed by atoms with E-state index in [1.165, 1.54) is 6.07 Å². The van der Waals surface area contributed by atoms with Gasteiger partial charge in [0.2, 0.25) is 5.71 Å². The fourth-order valence-electron chi connectivity index (χ4n) is 0.132. The Morgan fingerprint density at radius 3 is 2.38 bits per heavy atom. The van der Waals surface area contributed by atoms with Crippen molar-refractivity contribution in [3.05, 3.63) is 0 Å². The Kier molecular flexibility index (Phi) is 2.90. The molecule has 0 aromatic rings. The molecule has 5 heteroatoms. The molecule has 0 amide bonds. The maximum atomic E-state index is 7.91. The number of oxime groups is 2. The lowest BCUT2D eigenvalue weighted by Crippen LogP contribution is -1.93. The molecule has 0 fully saturated rings. The van der Waals surface area contributed by atoms with Crippen molar-refractivity contribution < 1.29 is 10.4 Å². The summed E-state index contributed by atoms with van der Waals surface area (Å²) in [5.41, 5.74) is -0.340. The zero-order valence-corrected chi connectivity index (χ0v) is 3.81. The highest BCUT2D eigenvalue weighted by atomic mass is 16.4. The van der Waals surface area contributed by atoms with Gasteiger partial charge in [0.25, 0.3) is 0 Å². The number of hydrogen-bond acceptors (Lipinski definition) is 5. The van der Waals surface area contributed by atoms with Gasteiger partial charge in [-0.05, 0) is 0 Å². The predicted molar refractivity (Wildman–Crippen MR) is 25.1 cm³/mol. The van der Waals surface area contributed by atoms with E-state index in [4.69, 9.17) is 15.7 Å². The first-order chi connectivity index (χ1) is 3.85. The molecule has 42 valence electrons. The summed E-state index contributed by atoms with van der Waals surface area (Å²) in [5.74, 6) is 0. The van der Waals surface area contributed by atoms with Crippen molar-refractivity contribution >= 4 is 11.9 Å². The number of nitrogens with zero attached hydrogens (tertiary/aromatic N) is 3. The summed E-state index contributed by atoms with van der Waals surface area (Å²) in [6, 6.07) is 1.44. The van der Waals surface area contributed by atoms with Crippen molar-refractivity contribution in [3.63, 3.8) is 0 Å². The first-order valence-corrected chi connectivity index (χ1v) is 1.64. The summed E-state index contributed by atoms with van der Waals surface area (Å²) in [4.78, 5) is 0. The minimum Gasteiger partial charge on any atom is -0.411 e. The van der Waals surface area contributed by atoms with Crippen LogP contribution in [0.25, 0.3) is 0 Å². The number of rotatable bonds is 1. The molecule has 0 aromatic heterocycles. The van der Waals surface area contributed by atoms with E-state index in [9.17, 15) is 0 Å². The molecule has 8 heavy (non-hydrogen) atoms. The Morgan fingerprint density at radius 1 is 1.62 bits per heavy atom. The Hall–Kier alpha value is -1.57. The van der Waals surface area contributed by atoms with E-state index in [2.05, 4.69) is 10.3 Å². The molecule has 0 spiro atoms. The smallest absolute Gasteiger partial charge is 0.201 e. The lowest BCUT2D eigenvalue weighted by molar-refractivity contribution is 0.316. The Morgan fingerprint density at radius 2 is 2.25 bits per heavy atom. The van der Waals surface area contributed by atoms with Crippen LogP contribution >= 0.6 is 0 Å². The van der Waals surface area contributed by atoms with Crippen LogP contribution in [-0.4, -0.2) is 22.3 Å². The van der Waals surface area contributed by atoms with Crippen LogP contribution in [0.1, 0.15) is 0 Å². The van der Waals surface area contributed by atoms with E-state index in [-0.39, 0.29) is 5.71 Å². The van der Waals surface area contributed by atoms with Crippen LogP contribution in [0.4, 0.5) is 0 Å². The Balaban J connectivity index is 3.98. The molecular formula is C3H3N3O2. The van der Waals surface area contributed by atoms with Gasteiger partial charge in [-0.15, -0.1) is 0 Å². The van der Waals surface area contributed by atoms with Gasteiger partial charge < -0.3 is 10.4 Å². The molecule has 5 nitrogen and oxygen atoms in total. The van der Waals surface area contributed by atoms with E-state index in [1.54, 1.807) is 0 Å². The second-order valence-electron chi connectivity index (χ2n) is 0.842. The summed E-state index contributed by atoms with van der Waals surface area (Å²) in [7, 11) is 0. The normalized spacial score (nSPS) is 11.6. The van der Waals surface area contributed by atoms with E-state index < -0.39 is 0 Å². The van der Waals surface area contributed by atoms with Crippen molar-refractivity contribution in [2.75, 3.05) is 0 Å². The van der Waals surface area contributed by atoms with Crippen molar-refractivity contribution in [2.45, 2.75) is 0 Å². The van der Waals surface area contributed by atoms with Crippen molar-refractivity contribution in [1.82, 2.24) is 0 Å². The maximum absolute atomic E-state index is 7.91. The topological polar surface area (TPSA) is 89.0 Å². The number of hydrogen-bond donors (Lipinski definition) is 2. The van der Waals surface area contributed by atoms with Gasteiger partial charge in [-0.2, -0.15) is 5.26 Å². The van der Waals surface area contributed by atoms with E-state index in [1.807, 2.05) is 0 Å². The molecular weight excluding hydrogens is 110 g/mol. The van der Waals surface area contributed by atoms with Gasteiger partial charge in [-0.1, -0.05) is 10.3 Å². The van der Waals surface area contributed by atoms with Crippen LogP contribution in [0, 0.1) is 11.3 Å². The molecule has 0 saturated heterocycles. The van der Waals surface area contributed by atoms with Crippen LogP contribution < -0.4 is 0 Å². The average Bonchev–Trinajstić information content (AvgIpc) is 1.83. The van der Waals surface area contributed by atoms with Gasteiger partial charge in [0.05, 0.1) is 0 Å². The molecule has 0 aromatic carbocycles. The molecule has 0 heterocycles. The largest absolute Gasteiger partial charge is 0.411 e. The van der Waals surface area contributed by atoms with Gasteiger partial charge >= 0.3 is 0 Å². The lowest BCUT2D eigenvalue weighted by Gasteiger charge is -1.74. The minimum absolute atomic E-state index is 0.340. The molecule has 2 N–H and O–H groups in total. The van der Waals surface area contributed by atoms with Crippen LogP contribution in [0.2, 0.25) is 0 Å². The summed E-state index contributed by atoms with van der Waals surface area (Å²) in [5, 5.41) is 28.3. The van der Waals surface area contributed by atoms with Gasteiger partial charge in [-0.25, -0.2) is 0 Å². The first kappa shape index (κ1) is 6.43. The fourth-order valence-corrected chi connectivity index (χ4v) is 0.132. The summed E-state index contributed by atoms with van der Waals surface area (Å²) in [6.07, 6.45) is 0.722. The lowest BCUT2D eigenvalue weighted by atomic mass is 10.5. The third-order valence-electron chi connectivity index (χ3n) is 0.402. The van der Waals surface area contributed by atoms with Crippen LogP contribution in [-0.2, 0) is 0 Å². The second-order valence-corrected chi connectivity index (χ2v) is 0.842. The molecule has 0 aliphatic carbocycles. The summed E-state index contributed by atoms with van der Waals surface area (Å²) < 4.78 is 0. The van der Waals surface area contributed by atoms with Crippen molar-refractivity contribution in [2.24, 2.45) is 10.3 Å². The van der Waals surface area contributed by atoms with Crippen LogP contribution in [0.3, 0.4) is 0 Å². The highest BCUT2D eigenvalue weighted by Gasteiger charge is 1.87. The molecule has 0 rings (SSSR count). The van der Waals surface area contributed by atoms with Gasteiger partial charge in [0.1, 0.15) is 12.3 Å². The molecule has 0 aliphatic rings. The molecule has 0 bridgehead atoms. The third-order valence-corrected chi connectivity index (χ3v) is 0.402. The molecule has 0 unspecified atom stereocenters. The Labute approximate surface area is 45.1 Å². The van der Waals surface area contributed by atoms with E-state index in [0.29, 0.717) is 0 Å². The van der Waals surface area contributed by atoms with Gasteiger partial charge in [-0.3, -0.25) is 0 Å².